The number of nitrogens with zero attached hydrogens (tertiary/aromatic N) is 3. The monoisotopic (exact) mass is 286 g/mol. The van der Waals surface area contributed by atoms with E-state index in [1.807, 2.05) is 4.57 Å². The van der Waals surface area contributed by atoms with Crippen molar-refractivity contribution in [2.75, 3.05) is 7.05 Å². The number of alkyl halides is 1. The predicted octanol–water partition coefficient (Wildman–Crippen LogP) is 1.96. The minimum atomic E-state index is -0.0358. The van der Waals surface area contributed by atoms with E-state index in [0.717, 1.165) is 0 Å². The van der Waals surface area contributed by atoms with Gasteiger partial charge in [-0.05, 0) is 6.07 Å². The topological polar surface area (TPSA) is 59.8 Å². The van der Waals surface area contributed by atoms with Gasteiger partial charge >= 0.3 is 0 Å². The Bertz CT molecular complexity index is 582. The molecule has 0 radical (unpaired) electrons. The summed E-state index contributed by atoms with van der Waals surface area (Å²) in [6.45, 7) is 0.493. The van der Waals surface area contributed by atoms with Crippen molar-refractivity contribution in [2.45, 2.75) is 18.8 Å². The Morgan fingerprint density at radius 1 is 1.56 bits per heavy atom. The Hall–Kier alpha value is -1.33. The van der Waals surface area contributed by atoms with Gasteiger partial charge in [-0.3, -0.25) is 4.79 Å². The van der Waals surface area contributed by atoms with Crippen LogP contribution in [0.2, 0.25) is 5.02 Å². The molecule has 0 fully saturated rings. The number of rotatable bonds is 4. The lowest BCUT2D eigenvalue weighted by atomic mass is 10.4. The van der Waals surface area contributed by atoms with Gasteiger partial charge in [0.05, 0.1) is 10.9 Å². The summed E-state index contributed by atoms with van der Waals surface area (Å²) in [5.41, 5.74) is 1.38. The molecular formula is C11H12Cl2N4O. The van der Waals surface area contributed by atoms with Gasteiger partial charge < -0.3 is 9.88 Å². The molecular weight excluding hydrogens is 275 g/mol. The van der Waals surface area contributed by atoms with E-state index in [4.69, 9.17) is 23.2 Å². The summed E-state index contributed by atoms with van der Waals surface area (Å²) in [4.78, 5) is 19.9. The largest absolute Gasteiger partial charge is 0.359 e. The van der Waals surface area contributed by atoms with E-state index >= 15 is 0 Å². The molecule has 18 heavy (non-hydrogen) atoms. The fourth-order valence-electron chi connectivity index (χ4n) is 1.71. The molecule has 2 heterocycles. The molecule has 0 saturated heterocycles. The summed E-state index contributed by atoms with van der Waals surface area (Å²) in [6.07, 6.45) is 1.91. The van der Waals surface area contributed by atoms with E-state index in [1.54, 1.807) is 19.3 Å². The molecule has 5 nitrogen and oxygen atoms in total. The molecule has 1 N–H and O–H groups in total. The lowest BCUT2D eigenvalue weighted by Gasteiger charge is -2.06. The van der Waals surface area contributed by atoms with Gasteiger partial charge in [-0.1, -0.05) is 11.6 Å². The third-order valence-corrected chi connectivity index (χ3v) is 3.04. The second-order valence-electron chi connectivity index (χ2n) is 3.73. The summed E-state index contributed by atoms with van der Waals surface area (Å²) in [6, 6.07) is 1.73. The molecule has 0 spiro atoms. The molecule has 0 aromatic carbocycles. The van der Waals surface area contributed by atoms with Gasteiger partial charge in [-0.2, -0.15) is 0 Å². The first-order valence-electron chi connectivity index (χ1n) is 5.43. The summed E-state index contributed by atoms with van der Waals surface area (Å²) < 4.78 is 1.84. The SMILES string of the molecule is CNC(=O)CCn1c(CCl)nc2cc(Cl)cnc21. The molecule has 0 bridgehead atoms. The fraction of sp³-hybridized carbons (Fsp3) is 0.364. The number of carbonyl (C=O) groups excluding carboxylic acids is 1. The van der Waals surface area contributed by atoms with Crippen molar-refractivity contribution >= 4 is 40.3 Å². The number of fused-ring (bicyclic) bond motifs is 1. The molecule has 1 amide bonds. The third-order valence-electron chi connectivity index (χ3n) is 2.59. The van der Waals surface area contributed by atoms with Crippen LogP contribution < -0.4 is 5.32 Å². The van der Waals surface area contributed by atoms with Crippen LogP contribution in [0.15, 0.2) is 12.3 Å². The van der Waals surface area contributed by atoms with Crippen molar-refractivity contribution in [3.8, 4) is 0 Å². The van der Waals surface area contributed by atoms with Crippen molar-refractivity contribution in [3.63, 3.8) is 0 Å². The van der Waals surface area contributed by atoms with E-state index < -0.39 is 0 Å². The lowest BCUT2D eigenvalue weighted by molar-refractivity contribution is -0.120. The Labute approximate surface area is 114 Å². The highest BCUT2D eigenvalue weighted by molar-refractivity contribution is 6.31. The molecule has 2 aromatic rings. The molecule has 0 aliphatic rings. The van der Waals surface area contributed by atoms with Crippen molar-refractivity contribution < 1.29 is 4.79 Å². The van der Waals surface area contributed by atoms with Crippen molar-refractivity contribution in [3.05, 3.63) is 23.1 Å². The Morgan fingerprint density at radius 2 is 2.33 bits per heavy atom. The van der Waals surface area contributed by atoms with E-state index in [-0.39, 0.29) is 11.8 Å². The molecule has 0 aliphatic heterocycles. The molecule has 96 valence electrons. The van der Waals surface area contributed by atoms with Gasteiger partial charge in [0, 0.05) is 26.2 Å². The maximum atomic E-state index is 11.3. The lowest BCUT2D eigenvalue weighted by Crippen LogP contribution is -2.20. The Kier molecular flexibility index (Phi) is 4.04. The predicted molar refractivity (Wildman–Crippen MR) is 70.8 cm³/mol. The number of aromatic nitrogens is 3. The first kappa shape index (κ1) is 13.1. The smallest absolute Gasteiger partial charge is 0.221 e. The van der Waals surface area contributed by atoms with Gasteiger partial charge in [0.1, 0.15) is 11.3 Å². The third kappa shape index (κ3) is 2.57. The van der Waals surface area contributed by atoms with E-state index in [9.17, 15) is 4.79 Å². The van der Waals surface area contributed by atoms with Crippen molar-refractivity contribution in [1.29, 1.82) is 0 Å². The second-order valence-corrected chi connectivity index (χ2v) is 4.44. The van der Waals surface area contributed by atoms with Crippen molar-refractivity contribution in [2.24, 2.45) is 0 Å². The maximum Gasteiger partial charge on any atom is 0.221 e. The second kappa shape index (κ2) is 5.54. The fourth-order valence-corrected chi connectivity index (χ4v) is 2.06. The highest BCUT2D eigenvalue weighted by Crippen LogP contribution is 2.19. The standard InChI is InChI=1S/C11H12Cl2N4O/c1-14-10(18)2-3-17-9(5-12)16-8-4-7(13)6-15-11(8)17/h4,6H,2-3,5H2,1H3,(H,14,18). The van der Waals surface area contributed by atoms with Crippen LogP contribution in [0.4, 0.5) is 0 Å². The number of carbonyl (C=O) groups is 1. The van der Waals surface area contributed by atoms with Gasteiger partial charge in [-0.15, -0.1) is 11.6 Å². The van der Waals surface area contributed by atoms with Crippen LogP contribution in [0.1, 0.15) is 12.2 Å². The number of amides is 1. The first-order valence-corrected chi connectivity index (χ1v) is 6.34. The van der Waals surface area contributed by atoms with Gasteiger partial charge in [0.15, 0.2) is 5.65 Å². The Balaban J connectivity index is 2.37. The van der Waals surface area contributed by atoms with Gasteiger partial charge in [0.25, 0.3) is 0 Å². The van der Waals surface area contributed by atoms with Crippen molar-refractivity contribution in [1.82, 2.24) is 19.9 Å². The number of nitrogens with one attached hydrogen (secondary N) is 1. The molecule has 0 saturated carbocycles. The number of hydrogen-bond donors (Lipinski definition) is 1. The summed E-state index contributed by atoms with van der Waals surface area (Å²) in [7, 11) is 1.61. The number of pyridine rings is 1. The Morgan fingerprint density at radius 3 is 3.00 bits per heavy atom. The van der Waals surface area contributed by atoms with Crippen LogP contribution in [0, 0.1) is 0 Å². The van der Waals surface area contributed by atoms with Crippen LogP contribution in [-0.2, 0) is 17.2 Å². The minimum Gasteiger partial charge on any atom is -0.359 e. The van der Waals surface area contributed by atoms with Crippen LogP contribution in [0.25, 0.3) is 11.2 Å². The molecule has 0 unspecified atom stereocenters. The average Bonchev–Trinajstić information content (AvgIpc) is 2.72. The highest BCUT2D eigenvalue weighted by Gasteiger charge is 2.12. The number of aryl methyl sites for hydroxylation is 1. The summed E-state index contributed by atoms with van der Waals surface area (Å²) in [5, 5.41) is 3.10. The summed E-state index contributed by atoms with van der Waals surface area (Å²) in [5.74, 6) is 0.915. The average molecular weight is 287 g/mol. The minimum absolute atomic E-state index is 0.0358. The van der Waals surface area contributed by atoms with Crippen LogP contribution in [0.3, 0.4) is 0 Å². The van der Waals surface area contributed by atoms with Gasteiger partial charge in [0.2, 0.25) is 5.91 Å². The van der Waals surface area contributed by atoms with E-state index in [0.29, 0.717) is 35.0 Å². The van der Waals surface area contributed by atoms with Crippen LogP contribution >= 0.6 is 23.2 Å². The number of halogens is 2. The normalized spacial score (nSPS) is 10.8. The number of imidazole rings is 1. The van der Waals surface area contributed by atoms with Gasteiger partial charge in [-0.25, -0.2) is 9.97 Å². The maximum absolute atomic E-state index is 11.3. The van der Waals surface area contributed by atoms with E-state index in [1.165, 1.54) is 0 Å². The zero-order valence-electron chi connectivity index (χ0n) is 9.78. The van der Waals surface area contributed by atoms with Crippen LogP contribution in [-0.4, -0.2) is 27.5 Å². The quantitative estimate of drug-likeness (QED) is 0.874. The van der Waals surface area contributed by atoms with Crippen LogP contribution in [0.5, 0.6) is 0 Å². The summed E-state index contributed by atoms with van der Waals surface area (Å²) >= 11 is 11.7. The zero-order valence-corrected chi connectivity index (χ0v) is 11.3. The first-order chi connectivity index (χ1) is 8.65. The highest BCUT2D eigenvalue weighted by atomic mass is 35.5. The zero-order chi connectivity index (χ0) is 13.1. The molecule has 0 atom stereocenters. The number of hydrogen-bond acceptors (Lipinski definition) is 3. The van der Waals surface area contributed by atoms with E-state index in [2.05, 4.69) is 15.3 Å². The molecule has 0 aliphatic carbocycles. The molecule has 2 rings (SSSR count). The molecule has 2 aromatic heterocycles. The molecule has 7 heteroatoms.